The first-order chi connectivity index (χ1) is 25.9. The van der Waals surface area contributed by atoms with Crippen LogP contribution in [0.15, 0.2) is 12.2 Å². The van der Waals surface area contributed by atoms with Gasteiger partial charge in [-0.05, 0) is 38.5 Å². The third-order valence-electron chi connectivity index (χ3n) is 9.93. The van der Waals surface area contributed by atoms with Crippen LogP contribution in [0.25, 0.3) is 0 Å². The summed E-state index contributed by atoms with van der Waals surface area (Å²) < 4.78 is 33.5. The SMILES string of the molecule is CCCCCCCCC/C=C\CCCCCCCCOCC(COP(=O)(O)OCCN)OC(=O)CCCCCCCCCCCCCCCCCCC. The minimum atomic E-state index is -4.27. The predicted octanol–water partition coefficient (Wildman–Crippen LogP) is 13.5. The van der Waals surface area contributed by atoms with Crippen LogP contribution in [0.4, 0.5) is 0 Å². The average Bonchev–Trinajstić information content (AvgIpc) is 3.15. The van der Waals surface area contributed by atoms with Gasteiger partial charge in [-0.1, -0.05) is 193 Å². The number of carbonyl (C=O) groups excluding carboxylic acids is 1. The van der Waals surface area contributed by atoms with E-state index in [-0.39, 0.29) is 32.3 Å². The van der Waals surface area contributed by atoms with Crippen LogP contribution < -0.4 is 5.73 Å². The molecule has 0 aromatic heterocycles. The largest absolute Gasteiger partial charge is 0.472 e. The molecule has 316 valence electrons. The number of ether oxygens (including phenoxy) is 2. The summed E-state index contributed by atoms with van der Waals surface area (Å²) in [6, 6.07) is 0. The van der Waals surface area contributed by atoms with E-state index in [2.05, 4.69) is 26.0 Å². The molecule has 0 rings (SSSR count). The molecule has 0 aliphatic rings. The van der Waals surface area contributed by atoms with Gasteiger partial charge in [0.2, 0.25) is 0 Å². The molecule has 2 atom stereocenters. The number of phosphoric acid groups is 1. The monoisotopic (exact) mass is 774 g/mol. The smallest absolute Gasteiger partial charge is 0.457 e. The Morgan fingerprint density at radius 2 is 0.943 bits per heavy atom. The van der Waals surface area contributed by atoms with E-state index in [1.807, 2.05) is 0 Å². The molecule has 53 heavy (non-hydrogen) atoms. The molecule has 0 saturated heterocycles. The second kappa shape index (κ2) is 42.4. The molecule has 0 aromatic rings. The standard InChI is InChI=1S/C44H88NO7P/c1-3-5-7-9-11-13-15-17-19-21-23-25-27-29-31-33-35-37-44(46)52-43(42-51-53(47,48)50-40-38-45)41-49-39-36-34-32-30-28-26-24-22-20-18-16-14-12-10-8-6-4-2/h20,22,43H,3-19,21,23-42,45H2,1-2H3,(H,47,48)/b22-20-. The van der Waals surface area contributed by atoms with Crippen molar-refractivity contribution in [3.63, 3.8) is 0 Å². The first-order valence-electron chi connectivity index (χ1n) is 22.7. The molecule has 0 aliphatic heterocycles. The molecule has 0 bridgehead atoms. The molecule has 0 saturated carbocycles. The summed E-state index contributed by atoms with van der Waals surface area (Å²) in [6.07, 6.45) is 45.1. The summed E-state index contributed by atoms with van der Waals surface area (Å²) in [5.74, 6) is -0.327. The van der Waals surface area contributed by atoms with Crippen LogP contribution in [0.1, 0.15) is 226 Å². The summed E-state index contributed by atoms with van der Waals surface area (Å²) >= 11 is 0. The summed E-state index contributed by atoms with van der Waals surface area (Å²) in [5.41, 5.74) is 5.37. The van der Waals surface area contributed by atoms with Gasteiger partial charge in [0.15, 0.2) is 0 Å². The molecule has 0 aliphatic carbocycles. The maximum atomic E-state index is 12.6. The van der Waals surface area contributed by atoms with Crippen molar-refractivity contribution in [1.29, 1.82) is 0 Å². The van der Waals surface area contributed by atoms with Crippen LogP contribution in [0.2, 0.25) is 0 Å². The molecule has 9 heteroatoms. The van der Waals surface area contributed by atoms with Crippen LogP contribution in [0, 0.1) is 0 Å². The summed E-state index contributed by atoms with van der Waals surface area (Å²) in [4.78, 5) is 22.5. The van der Waals surface area contributed by atoms with E-state index < -0.39 is 13.9 Å². The van der Waals surface area contributed by atoms with Crippen molar-refractivity contribution in [1.82, 2.24) is 0 Å². The molecule has 0 aromatic carbocycles. The number of carbonyl (C=O) groups is 1. The molecule has 2 unspecified atom stereocenters. The molecule has 8 nitrogen and oxygen atoms in total. The van der Waals surface area contributed by atoms with Gasteiger partial charge in [0, 0.05) is 19.6 Å². The van der Waals surface area contributed by atoms with Gasteiger partial charge in [-0.15, -0.1) is 0 Å². The number of nitrogens with two attached hydrogens (primary N) is 1. The van der Waals surface area contributed by atoms with Gasteiger partial charge < -0.3 is 20.1 Å². The Balaban J connectivity index is 3.98. The lowest BCUT2D eigenvalue weighted by molar-refractivity contribution is -0.154. The zero-order valence-electron chi connectivity index (χ0n) is 35.0. The van der Waals surface area contributed by atoms with Crippen molar-refractivity contribution in [2.75, 3.05) is 33.0 Å². The van der Waals surface area contributed by atoms with Gasteiger partial charge in [0.1, 0.15) is 6.10 Å². The second-order valence-electron chi connectivity index (χ2n) is 15.3. The van der Waals surface area contributed by atoms with Crippen molar-refractivity contribution in [2.45, 2.75) is 232 Å². The zero-order chi connectivity index (χ0) is 38.8. The quantitative estimate of drug-likeness (QED) is 0.0272. The van der Waals surface area contributed by atoms with E-state index in [9.17, 15) is 14.3 Å². The lowest BCUT2D eigenvalue weighted by Gasteiger charge is -2.20. The molecular formula is C44H88NO7P. The number of hydrogen-bond donors (Lipinski definition) is 2. The van der Waals surface area contributed by atoms with Crippen LogP contribution in [0.3, 0.4) is 0 Å². The Hall–Kier alpha value is -0.760. The van der Waals surface area contributed by atoms with E-state index in [0.29, 0.717) is 13.0 Å². The van der Waals surface area contributed by atoms with Gasteiger partial charge in [0.05, 0.1) is 19.8 Å². The fraction of sp³-hybridized carbons (Fsp3) is 0.932. The molecule has 0 amide bonds. The molecule has 0 heterocycles. The van der Waals surface area contributed by atoms with E-state index in [1.165, 1.54) is 173 Å². The lowest BCUT2D eigenvalue weighted by atomic mass is 10.0. The second-order valence-corrected chi connectivity index (χ2v) is 16.7. The summed E-state index contributed by atoms with van der Waals surface area (Å²) in [5, 5.41) is 0. The van der Waals surface area contributed by atoms with Crippen molar-refractivity contribution < 1.29 is 32.8 Å². The first-order valence-corrected chi connectivity index (χ1v) is 24.2. The lowest BCUT2D eigenvalue weighted by Crippen LogP contribution is -2.28. The predicted molar refractivity (Wildman–Crippen MR) is 224 cm³/mol. The Morgan fingerprint density at radius 1 is 0.547 bits per heavy atom. The van der Waals surface area contributed by atoms with Crippen molar-refractivity contribution in [3.05, 3.63) is 12.2 Å². The van der Waals surface area contributed by atoms with Gasteiger partial charge >= 0.3 is 13.8 Å². The minimum Gasteiger partial charge on any atom is -0.457 e. The number of unbranched alkanes of at least 4 members (excludes halogenated alkanes) is 29. The van der Waals surface area contributed by atoms with Crippen LogP contribution in [0.5, 0.6) is 0 Å². The van der Waals surface area contributed by atoms with Gasteiger partial charge in [0.25, 0.3) is 0 Å². The van der Waals surface area contributed by atoms with Crippen LogP contribution in [-0.2, 0) is 27.9 Å². The molecule has 0 spiro atoms. The minimum absolute atomic E-state index is 0.0932. The van der Waals surface area contributed by atoms with E-state index in [0.717, 1.165) is 32.1 Å². The number of phosphoric ester groups is 1. The molecule has 3 N–H and O–H groups in total. The molecule has 0 fully saturated rings. The number of allylic oxidation sites excluding steroid dienone is 2. The number of esters is 1. The van der Waals surface area contributed by atoms with E-state index in [1.54, 1.807) is 0 Å². The average molecular weight is 774 g/mol. The molecule has 0 radical (unpaired) electrons. The highest BCUT2D eigenvalue weighted by molar-refractivity contribution is 7.47. The van der Waals surface area contributed by atoms with Gasteiger partial charge in [-0.3, -0.25) is 13.8 Å². The highest BCUT2D eigenvalue weighted by Gasteiger charge is 2.25. The van der Waals surface area contributed by atoms with Gasteiger partial charge in [-0.2, -0.15) is 0 Å². The Bertz CT molecular complexity index is 828. The zero-order valence-corrected chi connectivity index (χ0v) is 35.9. The number of rotatable bonds is 44. The Kier molecular flexibility index (Phi) is 41.8. The normalized spacial score (nSPS) is 13.5. The van der Waals surface area contributed by atoms with E-state index >= 15 is 0 Å². The topological polar surface area (TPSA) is 117 Å². The summed E-state index contributed by atoms with van der Waals surface area (Å²) in [6.45, 7) is 4.95. The van der Waals surface area contributed by atoms with Crippen LogP contribution >= 0.6 is 7.82 Å². The van der Waals surface area contributed by atoms with Gasteiger partial charge in [-0.25, -0.2) is 4.57 Å². The number of hydrogen-bond acceptors (Lipinski definition) is 7. The van der Waals surface area contributed by atoms with Crippen molar-refractivity contribution >= 4 is 13.8 Å². The fourth-order valence-electron chi connectivity index (χ4n) is 6.58. The highest BCUT2D eigenvalue weighted by atomic mass is 31.2. The maximum absolute atomic E-state index is 12.6. The molecular weight excluding hydrogens is 685 g/mol. The highest BCUT2D eigenvalue weighted by Crippen LogP contribution is 2.43. The Labute approximate surface area is 328 Å². The Morgan fingerprint density at radius 3 is 1.38 bits per heavy atom. The fourth-order valence-corrected chi connectivity index (χ4v) is 7.35. The van der Waals surface area contributed by atoms with Crippen molar-refractivity contribution in [2.24, 2.45) is 5.73 Å². The van der Waals surface area contributed by atoms with Crippen LogP contribution in [-0.4, -0.2) is 49.9 Å². The van der Waals surface area contributed by atoms with Crippen molar-refractivity contribution in [3.8, 4) is 0 Å². The third-order valence-corrected chi connectivity index (χ3v) is 10.9. The first kappa shape index (κ1) is 52.2. The third kappa shape index (κ3) is 42.2. The van der Waals surface area contributed by atoms with E-state index in [4.69, 9.17) is 24.3 Å². The maximum Gasteiger partial charge on any atom is 0.472 e. The summed E-state index contributed by atoms with van der Waals surface area (Å²) in [7, 11) is -4.27.